The maximum atomic E-state index is 2.74. The Morgan fingerprint density at radius 3 is 2.89 bits per heavy atom. The number of thiophene rings is 1. The van der Waals surface area contributed by atoms with Gasteiger partial charge in [-0.1, -0.05) is 6.42 Å². The van der Waals surface area contributed by atoms with Crippen LogP contribution in [0.3, 0.4) is 0 Å². The smallest absolute Gasteiger partial charge is 0.0245 e. The summed E-state index contributed by atoms with van der Waals surface area (Å²) in [6.07, 6.45) is 5.62. The van der Waals surface area contributed by atoms with E-state index in [1.165, 1.54) is 64.0 Å². The Bertz CT molecular complexity index is 388. The molecule has 0 aliphatic carbocycles. The van der Waals surface area contributed by atoms with Crippen LogP contribution in [0.5, 0.6) is 0 Å². The van der Waals surface area contributed by atoms with Crippen molar-refractivity contribution in [1.82, 2.24) is 9.80 Å². The van der Waals surface area contributed by atoms with Gasteiger partial charge in [0.15, 0.2) is 0 Å². The minimum absolute atomic E-state index is 0.834. The Labute approximate surface area is 115 Å². The lowest BCUT2D eigenvalue weighted by Gasteiger charge is -2.35. The zero-order chi connectivity index (χ0) is 12.4. The van der Waals surface area contributed by atoms with E-state index in [0.29, 0.717) is 0 Å². The molecule has 2 saturated heterocycles. The van der Waals surface area contributed by atoms with Gasteiger partial charge in [-0.3, -0.25) is 9.80 Å². The van der Waals surface area contributed by atoms with Crippen LogP contribution in [-0.4, -0.2) is 42.0 Å². The molecule has 3 rings (SSSR count). The second-order valence-corrected chi connectivity index (χ2v) is 6.60. The summed E-state index contributed by atoms with van der Waals surface area (Å²) in [5.41, 5.74) is 3.02. The van der Waals surface area contributed by atoms with Gasteiger partial charge in [-0.2, -0.15) is 11.3 Å². The minimum atomic E-state index is 0.834. The SMILES string of the molecule is Cc1cscc1CN1CCCN2CCCCC2C1. The van der Waals surface area contributed by atoms with Gasteiger partial charge >= 0.3 is 0 Å². The van der Waals surface area contributed by atoms with E-state index in [-0.39, 0.29) is 0 Å². The van der Waals surface area contributed by atoms with Gasteiger partial charge in [-0.05, 0) is 67.7 Å². The van der Waals surface area contributed by atoms with Gasteiger partial charge in [0, 0.05) is 19.1 Å². The molecule has 1 aromatic rings. The van der Waals surface area contributed by atoms with Crippen molar-refractivity contribution in [1.29, 1.82) is 0 Å². The van der Waals surface area contributed by atoms with Crippen LogP contribution in [0.1, 0.15) is 36.8 Å². The molecule has 3 heterocycles. The molecule has 1 atom stereocenters. The highest BCUT2D eigenvalue weighted by atomic mass is 32.1. The van der Waals surface area contributed by atoms with Crippen molar-refractivity contribution in [2.75, 3.05) is 26.2 Å². The lowest BCUT2D eigenvalue weighted by atomic mass is 10.0. The summed E-state index contributed by atoms with van der Waals surface area (Å²) in [6.45, 7) is 8.65. The number of piperidine rings is 1. The topological polar surface area (TPSA) is 6.48 Å². The Morgan fingerprint density at radius 2 is 2.06 bits per heavy atom. The number of fused-ring (bicyclic) bond motifs is 1. The van der Waals surface area contributed by atoms with Crippen LogP contribution < -0.4 is 0 Å². The molecular weight excluding hydrogens is 240 g/mol. The van der Waals surface area contributed by atoms with Crippen LogP contribution in [0.2, 0.25) is 0 Å². The van der Waals surface area contributed by atoms with Gasteiger partial charge in [0.05, 0.1) is 0 Å². The Hall–Kier alpha value is -0.380. The Kier molecular flexibility index (Phi) is 4.02. The number of rotatable bonds is 2. The van der Waals surface area contributed by atoms with E-state index in [0.717, 1.165) is 6.04 Å². The summed E-state index contributed by atoms with van der Waals surface area (Å²) >= 11 is 1.85. The molecule has 3 heteroatoms. The average molecular weight is 264 g/mol. The van der Waals surface area contributed by atoms with E-state index in [1.54, 1.807) is 5.56 Å². The second-order valence-electron chi connectivity index (χ2n) is 5.85. The van der Waals surface area contributed by atoms with Crippen molar-refractivity contribution in [2.24, 2.45) is 0 Å². The third kappa shape index (κ3) is 2.79. The van der Waals surface area contributed by atoms with Crippen LogP contribution in [0.4, 0.5) is 0 Å². The maximum absolute atomic E-state index is 2.74. The lowest BCUT2D eigenvalue weighted by molar-refractivity contribution is 0.135. The zero-order valence-electron chi connectivity index (χ0n) is 11.4. The van der Waals surface area contributed by atoms with Gasteiger partial charge in [0.1, 0.15) is 0 Å². The van der Waals surface area contributed by atoms with Crippen molar-refractivity contribution in [3.63, 3.8) is 0 Å². The third-order valence-corrected chi connectivity index (χ3v) is 5.40. The van der Waals surface area contributed by atoms with Crippen LogP contribution >= 0.6 is 11.3 Å². The molecular formula is C15H24N2S. The van der Waals surface area contributed by atoms with Gasteiger partial charge in [0.2, 0.25) is 0 Å². The predicted molar refractivity (Wildman–Crippen MR) is 78.2 cm³/mol. The molecule has 2 nitrogen and oxygen atoms in total. The molecule has 0 bridgehead atoms. The number of nitrogens with zero attached hydrogens (tertiary/aromatic N) is 2. The average Bonchev–Trinajstić information content (AvgIpc) is 2.66. The van der Waals surface area contributed by atoms with Gasteiger partial charge in [-0.15, -0.1) is 0 Å². The highest BCUT2D eigenvalue weighted by Crippen LogP contribution is 2.23. The number of hydrogen-bond donors (Lipinski definition) is 0. The molecule has 0 radical (unpaired) electrons. The summed E-state index contributed by atoms with van der Waals surface area (Å²) in [7, 11) is 0. The molecule has 1 unspecified atom stereocenters. The zero-order valence-corrected chi connectivity index (χ0v) is 12.2. The van der Waals surface area contributed by atoms with Gasteiger partial charge in [-0.25, -0.2) is 0 Å². The van der Waals surface area contributed by atoms with Crippen LogP contribution in [0.25, 0.3) is 0 Å². The van der Waals surface area contributed by atoms with E-state index in [4.69, 9.17) is 0 Å². The van der Waals surface area contributed by atoms with Crippen LogP contribution in [0, 0.1) is 6.92 Å². The fraction of sp³-hybridized carbons (Fsp3) is 0.733. The molecule has 0 spiro atoms. The highest BCUT2D eigenvalue weighted by molar-refractivity contribution is 7.08. The fourth-order valence-electron chi connectivity index (χ4n) is 3.38. The first-order valence-corrected chi connectivity index (χ1v) is 8.25. The molecule has 2 aliphatic rings. The van der Waals surface area contributed by atoms with E-state index in [1.807, 2.05) is 11.3 Å². The molecule has 18 heavy (non-hydrogen) atoms. The summed E-state index contributed by atoms with van der Waals surface area (Å²) in [5, 5.41) is 4.61. The monoisotopic (exact) mass is 264 g/mol. The van der Waals surface area contributed by atoms with Crippen molar-refractivity contribution in [3.05, 3.63) is 21.9 Å². The molecule has 0 amide bonds. The Balaban J connectivity index is 1.64. The summed E-state index contributed by atoms with van der Waals surface area (Å²) < 4.78 is 0. The third-order valence-electron chi connectivity index (χ3n) is 4.49. The van der Waals surface area contributed by atoms with Crippen molar-refractivity contribution in [3.8, 4) is 0 Å². The molecule has 1 aromatic heterocycles. The number of aryl methyl sites for hydroxylation is 1. The predicted octanol–water partition coefficient (Wildman–Crippen LogP) is 3.12. The highest BCUT2D eigenvalue weighted by Gasteiger charge is 2.27. The van der Waals surface area contributed by atoms with Crippen LogP contribution in [0.15, 0.2) is 10.8 Å². The second kappa shape index (κ2) is 5.72. The first kappa shape index (κ1) is 12.6. The number of hydrogen-bond acceptors (Lipinski definition) is 3. The minimum Gasteiger partial charge on any atom is -0.299 e. The maximum Gasteiger partial charge on any atom is 0.0245 e. The fourth-order valence-corrected chi connectivity index (χ4v) is 4.23. The molecule has 0 N–H and O–H groups in total. The first-order valence-electron chi connectivity index (χ1n) is 7.31. The molecule has 100 valence electrons. The molecule has 2 fully saturated rings. The van der Waals surface area contributed by atoms with E-state index >= 15 is 0 Å². The van der Waals surface area contributed by atoms with Crippen molar-refractivity contribution >= 4 is 11.3 Å². The first-order chi connectivity index (χ1) is 8.83. The summed E-state index contributed by atoms with van der Waals surface area (Å²) in [6, 6.07) is 0.834. The summed E-state index contributed by atoms with van der Waals surface area (Å²) in [4.78, 5) is 5.43. The van der Waals surface area contributed by atoms with Crippen molar-refractivity contribution in [2.45, 2.75) is 45.2 Å². The molecule has 0 saturated carbocycles. The normalized spacial score (nSPS) is 26.8. The molecule has 2 aliphatic heterocycles. The molecule has 0 aromatic carbocycles. The lowest BCUT2D eigenvalue weighted by Crippen LogP contribution is -2.43. The summed E-state index contributed by atoms with van der Waals surface area (Å²) in [5.74, 6) is 0. The standard InChI is InChI=1S/C15H24N2S/c1-13-11-18-12-14(13)9-16-6-4-8-17-7-3-2-5-15(17)10-16/h11-12,15H,2-10H2,1H3. The van der Waals surface area contributed by atoms with E-state index in [9.17, 15) is 0 Å². The van der Waals surface area contributed by atoms with Crippen LogP contribution in [-0.2, 0) is 6.54 Å². The Morgan fingerprint density at radius 1 is 1.17 bits per heavy atom. The van der Waals surface area contributed by atoms with E-state index < -0.39 is 0 Å². The van der Waals surface area contributed by atoms with Gasteiger partial charge < -0.3 is 0 Å². The van der Waals surface area contributed by atoms with Crippen molar-refractivity contribution < 1.29 is 0 Å². The van der Waals surface area contributed by atoms with E-state index in [2.05, 4.69) is 27.5 Å². The van der Waals surface area contributed by atoms with Gasteiger partial charge in [0.25, 0.3) is 0 Å². The largest absolute Gasteiger partial charge is 0.299 e. The quantitative estimate of drug-likeness (QED) is 0.810.